The summed E-state index contributed by atoms with van der Waals surface area (Å²) in [6.45, 7) is 0. The Morgan fingerprint density at radius 1 is 1.33 bits per heavy atom. The van der Waals surface area contributed by atoms with Crippen LogP contribution < -0.4 is 51.4 Å². The molecule has 0 N–H and O–H groups in total. The van der Waals surface area contributed by atoms with Gasteiger partial charge in [-0.25, -0.2) is 0 Å². The van der Waals surface area contributed by atoms with Crippen LogP contribution in [-0.4, -0.2) is 56.5 Å². The van der Waals surface area contributed by atoms with E-state index in [4.69, 9.17) is 15.3 Å². The number of hydrogen-bond donors (Lipinski definition) is 0. The van der Waals surface area contributed by atoms with Gasteiger partial charge in [0.25, 0.3) is 0 Å². The molecule has 0 saturated carbocycles. The monoisotopic (exact) mass is 141 g/mol. The molecule has 0 aromatic rings. The Hall–Kier alpha value is 2.47. The molecule has 0 saturated heterocycles. The summed E-state index contributed by atoms with van der Waals surface area (Å²) in [6.07, 6.45) is 0. The van der Waals surface area contributed by atoms with E-state index < -0.39 is 5.09 Å². The molecule has 0 aromatic carbocycles. The van der Waals surface area contributed by atoms with Crippen molar-refractivity contribution in [1.29, 1.82) is 0 Å². The summed E-state index contributed by atoms with van der Waals surface area (Å²) in [5.74, 6) is 0. The van der Waals surface area contributed by atoms with E-state index in [1.807, 2.05) is 0 Å². The van der Waals surface area contributed by atoms with Crippen LogP contribution in [-0.2, 0) is 0 Å². The zero-order valence-electron chi connectivity index (χ0n) is 2.67. The van der Waals surface area contributed by atoms with Crippen molar-refractivity contribution in [2.45, 2.75) is 0 Å². The van der Waals surface area contributed by atoms with E-state index in [1.54, 1.807) is 0 Å². The van der Waals surface area contributed by atoms with Crippen molar-refractivity contribution in [2.24, 2.45) is 0 Å². The van der Waals surface area contributed by atoms with Crippen LogP contribution >= 0.6 is 0 Å². The van der Waals surface area contributed by atoms with Gasteiger partial charge < -0.3 is 15.3 Å². The predicted octanol–water partition coefficient (Wildman–Crippen LogP) is -3.88. The van der Waals surface area contributed by atoms with Crippen molar-refractivity contribution >= 4 is 51.4 Å². The average molecular weight is 141 g/mol. The Bertz CT molecular complexity index is 31.8. The van der Waals surface area contributed by atoms with E-state index >= 15 is 0 Å². The zero-order chi connectivity index (χ0) is 3.58. The Morgan fingerprint density at radius 2 is 1.33 bits per heavy atom. The molecule has 0 bridgehead atoms. The van der Waals surface area contributed by atoms with Gasteiger partial charge in [0.2, 0.25) is 0 Å². The molecule has 0 amide bonds. The minimum absolute atomic E-state index is 0. The second-order valence-corrected chi connectivity index (χ2v) is 0.224. The first-order valence-corrected chi connectivity index (χ1v) is 0.548. The van der Waals surface area contributed by atoms with Gasteiger partial charge in [0.15, 0.2) is 0 Å². The Kier molecular flexibility index (Phi) is 27.5. The van der Waals surface area contributed by atoms with Crippen LogP contribution in [0.25, 0.3) is 0 Å². The molecular formula is HK2NO3. The zero-order valence-corrected chi connectivity index (χ0v) is 5.80. The Balaban J connectivity index is -0.0000000450. The van der Waals surface area contributed by atoms with Gasteiger partial charge in [0, 0.05) is 0 Å². The second kappa shape index (κ2) is 10.5. The van der Waals surface area contributed by atoms with Gasteiger partial charge in [0.1, 0.15) is 0 Å². The molecule has 6 heavy (non-hydrogen) atoms. The van der Waals surface area contributed by atoms with E-state index in [-0.39, 0.29) is 103 Å². The van der Waals surface area contributed by atoms with Gasteiger partial charge in [-0.1, -0.05) is 0 Å². The van der Waals surface area contributed by atoms with Crippen molar-refractivity contribution in [2.75, 3.05) is 0 Å². The molecule has 0 aliphatic rings. The summed E-state index contributed by atoms with van der Waals surface area (Å²) < 4.78 is 0. The molecule has 0 aromatic heterocycles. The van der Waals surface area contributed by atoms with Crippen LogP contribution in [0.15, 0.2) is 0 Å². The fourth-order valence-corrected chi connectivity index (χ4v) is 0. The molecule has 0 radical (unpaired) electrons. The van der Waals surface area contributed by atoms with Crippen molar-refractivity contribution in [3.63, 3.8) is 0 Å². The molecule has 26 valence electrons. The number of rotatable bonds is 0. The summed E-state index contributed by atoms with van der Waals surface area (Å²) >= 11 is 0. The summed E-state index contributed by atoms with van der Waals surface area (Å²) in [4.78, 5) is 8.25. The molecule has 0 unspecified atom stereocenters. The van der Waals surface area contributed by atoms with Crippen LogP contribution in [0.2, 0.25) is 0 Å². The van der Waals surface area contributed by atoms with Crippen molar-refractivity contribution < 1.29 is 56.5 Å². The summed E-state index contributed by atoms with van der Waals surface area (Å²) in [7, 11) is 0. The number of hydrogen-bond acceptors (Lipinski definition) is 3. The van der Waals surface area contributed by atoms with Crippen LogP contribution in [0.5, 0.6) is 0 Å². The van der Waals surface area contributed by atoms with Crippen LogP contribution in [0, 0.1) is 15.3 Å². The first-order chi connectivity index (χ1) is 1.73. The van der Waals surface area contributed by atoms with Gasteiger partial charge in [0.05, 0.1) is 5.09 Å². The van der Waals surface area contributed by atoms with E-state index in [9.17, 15) is 0 Å². The molecular weight excluding hydrogens is 140 g/mol. The van der Waals surface area contributed by atoms with E-state index in [0.717, 1.165) is 0 Å². The molecule has 0 fully saturated rings. The molecule has 6 heteroatoms. The topological polar surface area (TPSA) is 66.2 Å². The van der Waals surface area contributed by atoms with E-state index in [1.165, 1.54) is 0 Å². The quantitative estimate of drug-likeness (QED) is 0.197. The molecule has 0 atom stereocenters. The third kappa shape index (κ3) is 31.7. The molecule has 4 nitrogen and oxygen atoms in total. The maximum absolute atomic E-state index is 8.25. The third-order valence-electron chi connectivity index (χ3n) is 0. The fraction of sp³-hybridized carbons (Fsp3) is 0. The van der Waals surface area contributed by atoms with Crippen LogP contribution in [0.1, 0.15) is 0 Å². The minimum atomic E-state index is -1.75. The van der Waals surface area contributed by atoms with Gasteiger partial charge in [-0.15, -0.1) is 0 Å². The van der Waals surface area contributed by atoms with Crippen LogP contribution in [0.4, 0.5) is 0 Å². The summed E-state index contributed by atoms with van der Waals surface area (Å²) in [5, 5.41) is 14.8. The third-order valence-corrected chi connectivity index (χ3v) is 0. The molecule has 0 rings (SSSR count). The maximum atomic E-state index is 8.25. The normalized spacial score (nSPS) is 4.00. The Morgan fingerprint density at radius 3 is 1.33 bits per heavy atom. The van der Waals surface area contributed by atoms with Crippen LogP contribution in [0.3, 0.4) is 0 Å². The standard InChI is InChI=1S/2K.NO3.H/c;;2-1(3)4;/q;+1;-1;. The van der Waals surface area contributed by atoms with Crippen molar-refractivity contribution in [3.05, 3.63) is 15.3 Å². The van der Waals surface area contributed by atoms with E-state index in [0.29, 0.717) is 0 Å². The van der Waals surface area contributed by atoms with Gasteiger partial charge >= 0.3 is 103 Å². The first-order valence-electron chi connectivity index (χ1n) is 0.548. The predicted molar refractivity (Wildman–Crippen MR) is 17.5 cm³/mol. The van der Waals surface area contributed by atoms with Gasteiger partial charge in [-0.05, 0) is 0 Å². The molecule has 0 aliphatic carbocycles. The Labute approximate surface area is 120 Å². The summed E-state index contributed by atoms with van der Waals surface area (Å²) in [6, 6.07) is 0. The van der Waals surface area contributed by atoms with E-state index in [2.05, 4.69) is 0 Å². The van der Waals surface area contributed by atoms with Gasteiger partial charge in [-0.2, -0.15) is 0 Å². The molecule has 0 aliphatic heterocycles. The number of nitrogens with zero attached hydrogens (tertiary/aromatic N) is 1. The molecule has 0 heterocycles. The SMILES string of the molecule is O=[N+]([O-])[O-].[K+].[KH]. The van der Waals surface area contributed by atoms with Gasteiger partial charge in [-0.3, -0.25) is 0 Å². The average Bonchev–Trinajstić information content (AvgIpc) is 0.811. The van der Waals surface area contributed by atoms with Crippen molar-refractivity contribution in [3.8, 4) is 0 Å². The first kappa shape index (κ1) is 15.8. The molecule has 0 spiro atoms. The fourth-order valence-electron chi connectivity index (χ4n) is 0. The van der Waals surface area contributed by atoms with Crippen molar-refractivity contribution in [1.82, 2.24) is 0 Å². The summed E-state index contributed by atoms with van der Waals surface area (Å²) in [5.41, 5.74) is 0. The second-order valence-electron chi connectivity index (χ2n) is 0.224.